The van der Waals surface area contributed by atoms with Crippen molar-refractivity contribution < 1.29 is 17.9 Å². The summed E-state index contributed by atoms with van der Waals surface area (Å²) >= 11 is 0. The van der Waals surface area contributed by atoms with Crippen molar-refractivity contribution in [3.05, 3.63) is 59.7 Å². The third-order valence-corrected chi connectivity index (χ3v) is 5.85. The van der Waals surface area contributed by atoms with Crippen molar-refractivity contribution in [1.82, 2.24) is 24.7 Å². The van der Waals surface area contributed by atoms with Gasteiger partial charge in [-0.05, 0) is 36.2 Å². The number of alkyl halides is 3. The fourth-order valence-electron chi connectivity index (χ4n) is 4.14. The zero-order chi connectivity index (χ0) is 22.3. The number of benzene rings is 2. The van der Waals surface area contributed by atoms with Gasteiger partial charge in [-0.1, -0.05) is 12.1 Å². The second-order valence-corrected chi connectivity index (χ2v) is 7.75. The van der Waals surface area contributed by atoms with Crippen molar-refractivity contribution in [3.8, 4) is 11.4 Å². The normalized spacial score (nSPS) is 14.9. The Kier molecular flexibility index (Phi) is 5.09. The lowest BCUT2D eigenvalue weighted by Gasteiger charge is -2.29. The highest BCUT2D eigenvalue weighted by molar-refractivity contribution is 5.93. The molecule has 0 bridgehead atoms. The minimum absolute atomic E-state index is 0.224. The number of rotatable bonds is 4. The predicted molar refractivity (Wildman–Crippen MR) is 113 cm³/mol. The van der Waals surface area contributed by atoms with Gasteiger partial charge in [0.1, 0.15) is 6.33 Å². The van der Waals surface area contributed by atoms with E-state index in [-0.39, 0.29) is 12.1 Å². The first-order chi connectivity index (χ1) is 15.4. The third kappa shape index (κ3) is 3.70. The number of anilines is 1. The van der Waals surface area contributed by atoms with Gasteiger partial charge in [0.25, 0.3) is 0 Å². The Morgan fingerprint density at radius 2 is 1.94 bits per heavy atom. The molecular formula is C22H21F3N6O. The molecule has 2 aromatic heterocycles. The maximum Gasteiger partial charge on any atom is 0.416 e. The molecule has 32 heavy (non-hydrogen) atoms. The lowest BCUT2D eigenvalue weighted by atomic mass is 10.0. The summed E-state index contributed by atoms with van der Waals surface area (Å²) in [5.74, 6) is 0.589. The number of fused-ring (bicyclic) bond motifs is 1. The van der Waals surface area contributed by atoms with Crippen LogP contribution in [0.2, 0.25) is 0 Å². The third-order valence-electron chi connectivity index (χ3n) is 5.85. The van der Waals surface area contributed by atoms with Gasteiger partial charge in [-0.15, -0.1) is 0 Å². The molecule has 2 aromatic carbocycles. The van der Waals surface area contributed by atoms with Gasteiger partial charge in [0, 0.05) is 30.9 Å². The summed E-state index contributed by atoms with van der Waals surface area (Å²) in [6.45, 7) is 4.56. The molecular weight excluding hydrogens is 421 g/mol. The number of hydrogen-bond donors (Lipinski definition) is 1. The maximum absolute atomic E-state index is 13.4. The second kappa shape index (κ2) is 7.94. The molecule has 0 atom stereocenters. The molecule has 0 amide bonds. The van der Waals surface area contributed by atoms with E-state index in [1.165, 1.54) is 19.3 Å². The molecule has 7 nitrogen and oxygen atoms in total. The topological polar surface area (TPSA) is 71.9 Å². The van der Waals surface area contributed by atoms with E-state index in [4.69, 9.17) is 4.74 Å². The van der Waals surface area contributed by atoms with Crippen LogP contribution in [0.15, 0.2) is 43.0 Å². The number of aromatic nitrogens is 5. The first-order valence-corrected chi connectivity index (χ1v) is 10.2. The number of nitrogens with zero attached hydrogens (tertiary/aromatic N) is 5. The summed E-state index contributed by atoms with van der Waals surface area (Å²) in [6, 6.07) is 8.32. The van der Waals surface area contributed by atoms with Crippen molar-refractivity contribution in [1.29, 1.82) is 0 Å². The standard InChI is InChI=1S/C22H21F3N6O/c1-14-15(3-2-4-18(14)22(23,24)25)11-31-13-27-20-17(21-26-12-28-29-21)9-16(10-19(20)31)30-5-7-32-8-6-30/h2-4,9-10,12-13H,5-8,11H2,1H3,(H,26,28,29). The number of ether oxygens (including phenoxy) is 1. The number of nitrogens with one attached hydrogen (secondary N) is 1. The minimum Gasteiger partial charge on any atom is -0.378 e. The van der Waals surface area contributed by atoms with Gasteiger partial charge in [-0.3, -0.25) is 5.10 Å². The van der Waals surface area contributed by atoms with Crippen molar-refractivity contribution in [2.75, 3.05) is 31.2 Å². The Hall–Kier alpha value is -3.40. The van der Waals surface area contributed by atoms with Crippen LogP contribution < -0.4 is 4.90 Å². The van der Waals surface area contributed by atoms with E-state index in [1.807, 2.05) is 16.7 Å². The fourth-order valence-corrected chi connectivity index (χ4v) is 4.14. The summed E-state index contributed by atoms with van der Waals surface area (Å²) in [6.07, 6.45) is -1.29. The number of H-pyrrole nitrogens is 1. The Labute approximate surface area is 181 Å². The highest BCUT2D eigenvalue weighted by atomic mass is 19.4. The van der Waals surface area contributed by atoms with Crippen molar-refractivity contribution in [2.24, 2.45) is 0 Å². The largest absolute Gasteiger partial charge is 0.416 e. The molecule has 1 N–H and O–H groups in total. The average molecular weight is 442 g/mol. The molecule has 10 heteroatoms. The maximum atomic E-state index is 13.4. The molecule has 166 valence electrons. The molecule has 1 aliphatic heterocycles. The first-order valence-electron chi connectivity index (χ1n) is 10.2. The summed E-state index contributed by atoms with van der Waals surface area (Å²) < 4.78 is 47.5. The Bertz CT molecular complexity index is 1240. The molecule has 0 saturated carbocycles. The smallest absolute Gasteiger partial charge is 0.378 e. The zero-order valence-electron chi connectivity index (χ0n) is 17.4. The number of hydrogen-bond acceptors (Lipinski definition) is 5. The summed E-state index contributed by atoms with van der Waals surface area (Å²) in [5.41, 5.74) is 3.51. The van der Waals surface area contributed by atoms with Crippen molar-refractivity contribution in [3.63, 3.8) is 0 Å². The lowest BCUT2D eigenvalue weighted by Crippen LogP contribution is -2.36. The molecule has 4 aromatic rings. The Morgan fingerprint density at radius 3 is 2.66 bits per heavy atom. The molecule has 0 aliphatic carbocycles. The van der Waals surface area contributed by atoms with Crippen LogP contribution in [0.1, 0.15) is 16.7 Å². The van der Waals surface area contributed by atoms with Crippen LogP contribution in [-0.2, 0) is 17.5 Å². The molecule has 0 spiro atoms. The van der Waals surface area contributed by atoms with Crippen molar-refractivity contribution >= 4 is 16.7 Å². The van der Waals surface area contributed by atoms with E-state index >= 15 is 0 Å². The van der Waals surface area contributed by atoms with Crippen molar-refractivity contribution in [2.45, 2.75) is 19.6 Å². The molecule has 1 fully saturated rings. The minimum atomic E-state index is -4.39. The molecule has 1 saturated heterocycles. The van der Waals surface area contributed by atoms with Crippen LogP contribution in [0.25, 0.3) is 22.4 Å². The van der Waals surface area contributed by atoms with Crippen LogP contribution in [0, 0.1) is 6.92 Å². The van der Waals surface area contributed by atoms with Gasteiger partial charge in [-0.2, -0.15) is 18.3 Å². The summed E-state index contributed by atoms with van der Waals surface area (Å²) in [7, 11) is 0. The van der Waals surface area contributed by atoms with E-state index < -0.39 is 11.7 Å². The molecule has 3 heterocycles. The Balaban J connectivity index is 1.61. The van der Waals surface area contributed by atoms with Crippen LogP contribution in [0.3, 0.4) is 0 Å². The average Bonchev–Trinajstić information content (AvgIpc) is 3.45. The summed E-state index contributed by atoms with van der Waals surface area (Å²) in [4.78, 5) is 11.1. The van der Waals surface area contributed by atoms with Gasteiger partial charge in [0.15, 0.2) is 5.82 Å². The SMILES string of the molecule is Cc1c(Cn2cnc3c(-c4ncn[nH]4)cc(N4CCOCC4)cc32)cccc1C(F)(F)F. The van der Waals surface area contributed by atoms with E-state index in [1.54, 1.807) is 12.4 Å². The first kappa shape index (κ1) is 20.5. The van der Waals surface area contributed by atoms with E-state index in [0.717, 1.165) is 35.9 Å². The van der Waals surface area contributed by atoms with Crippen LogP contribution >= 0.6 is 0 Å². The van der Waals surface area contributed by atoms with Gasteiger partial charge < -0.3 is 14.2 Å². The van der Waals surface area contributed by atoms with Crippen LogP contribution in [-0.4, -0.2) is 51.0 Å². The number of imidazole rings is 1. The van der Waals surface area contributed by atoms with Gasteiger partial charge >= 0.3 is 6.18 Å². The number of morpholine rings is 1. The van der Waals surface area contributed by atoms with Gasteiger partial charge in [-0.25, -0.2) is 9.97 Å². The second-order valence-electron chi connectivity index (χ2n) is 7.75. The van der Waals surface area contributed by atoms with Crippen LogP contribution in [0.4, 0.5) is 18.9 Å². The van der Waals surface area contributed by atoms with Crippen LogP contribution in [0.5, 0.6) is 0 Å². The van der Waals surface area contributed by atoms with E-state index in [9.17, 15) is 13.2 Å². The predicted octanol–water partition coefficient (Wildman–Crippen LogP) is 4.03. The number of aromatic amines is 1. The van der Waals surface area contributed by atoms with Gasteiger partial charge in [0.05, 0.1) is 36.1 Å². The molecule has 0 unspecified atom stereocenters. The van der Waals surface area contributed by atoms with Gasteiger partial charge in [0.2, 0.25) is 0 Å². The van der Waals surface area contributed by atoms with E-state index in [0.29, 0.717) is 30.1 Å². The highest BCUT2D eigenvalue weighted by Gasteiger charge is 2.32. The molecule has 0 radical (unpaired) electrons. The lowest BCUT2D eigenvalue weighted by molar-refractivity contribution is -0.138. The molecule has 5 rings (SSSR count). The fraction of sp³-hybridized carbons (Fsp3) is 0.318. The number of halogens is 3. The summed E-state index contributed by atoms with van der Waals surface area (Å²) in [5, 5.41) is 6.84. The zero-order valence-corrected chi connectivity index (χ0v) is 17.4. The molecule has 1 aliphatic rings. The Morgan fingerprint density at radius 1 is 1.12 bits per heavy atom. The highest BCUT2D eigenvalue weighted by Crippen LogP contribution is 2.35. The quantitative estimate of drug-likeness (QED) is 0.517. The van der Waals surface area contributed by atoms with E-state index in [2.05, 4.69) is 25.1 Å². The monoisotopic (exact) mass is 442 g/mol.